The number of aliphatic hydroxyl groups is 1. The van der Waals surface area contributed by atoms with Crippen LogP contribution in [0.4, 0.5) is 0 Å². The number of hydrogen-bond acceptors (Lipinski definition) is 3. The Morgan fingerprint density at radius 3 is 1.48 bits per heavy atom. The first kappa shape index (κ1) is 24.4. The second kappa shape index (κ2) is 19.8. The summed E-state index contributed by atoms with van der Waals surface area (Å²) in [5, 5.41) is 9.00. The lowest BCUT2D eigenvalue weighted by molar-refractivity contribution is -0.151. The van der Waals surface area contributed by atoms with E-state index in [0.717, 1.165) is 12.8 Å². The molecule has 0 saturated heterocycles. The van der Waals surface area contributed by atoms with Crippen LogP contribution < -0.4 is 0 Å². The summed E-state index contributed by atoms with van der Waals surface area (Å²) in [4.78, 5) is 11.6. The number of carbonyl (C=O) groups is 1. The Bertz CT molecular complexity index is 274. The lowest BCUT2D eigenvalue weighted by Gasteiger charge is -2.12. The van der Waals surface area contributed by atoms with Crippen LogP contribution in [-0.2, 0) is 9.53 Å². The molecule has 1 N–H and O–H groups in total. The second-order valence-corrected chi connectivity index (χ2v) is 7.40. The van der Waals surface area contributed by atoms with E-state index in [-0.39, 0.29) is 18.7 Å². The lowest BCUT2D eigenvalue weighted by Crippen LogP contribution is -2.20. The molecule has 0 amide bonds. The van der Waals surface area contributed by atoms with Gasteiger partial charge in [-0.1, -0.05) is 104 Å². The molecule has 0 aliphatic heterocycles. The molecule has 0 aliphatic rings. The van der Waals surface area contributed by atoms with Crippen molar-refractivity contribution in [2.45, 2.75) is 129 Å². The number of hydrogen-bond donors (Lipinski definition) is 1. The number of esters is 1. The third-order valence-electron chi connectivity index (χ3n) is 4.94. The maximum absolute atomic E-state index is 11.6. The molecule has 0 spiro atoms. The minimum Gasteiger partial charge on any atom is -0.460 e. The van der Waals surface area contributed by atoms with E-state index in [4.69, 9.17) is 9.84 Å². The van der Waals surface area contributed by atoms with Crippen LogP contribution in [0.2, 0.25) is 0 Å². The molecule has 3 heteroatoms. The maximum atomic E-state index is 11.6. The van der Waals surface area contributed by atoms with Gasteiger partial charge in [-0.3, -0.25) is 4.79 Å². The first-order valence-electron chi connectivity index (χ1n) is 11.0. The third-order valence-corrected chi connectivity index (χ3v) is 4.94. The number of rotatable bonds is 19. The average molecular weight is 357 g/mol. The maximum Gasteiger partial charge on any atom is 0.306 e. The van der Waals surface area contributed by atoms with Crippen molar-refractivity contribution in [1.29, 1.82) is 0 Å². The van der Waals surface area contributed by atoms with Gasteiger partial charge in [0.05, 0.1) is 6.61 Å². The molecule has 0 rings (SSSR count). The van der Waals surface area contributed by atoms with E-state index in [1.807, 2.05) is 6.92 Å². The highest BCUT2D eigenvalue weighted by molar-refractivity contribution is 5.69. The standard InChI is InChI=1S/C22H44O3/c1-3-5-6-7-8-9-10-11-12-13-14-15-16-17-18-19-22(24)25-21(4-2)20-23/h21,23H,3-20H2,1-2H3. The fourth-order valence-corrected chi connectivity index (χ4v) is 3.14. The minimum absolute atomic E-state index is 0.0684. The smallest absolute Gasteiger partial charge is 0.306 e. The SMILES string of the molecule is CCCCCCCCCCCCCCCCCC(=O)OC(CC)CO. The van der Waals surface area contributed by atoms with Crippen molar-refractivity contribution in [2.24, 2.45) is 0 Å². The van der Waals surface area contributed by atoms with Crippen LogP contribution in [0.1, 0.15) is 123 Å². The molecule has 0 aromatic rings. The molecule has 1 unspecified atom stereocenters. The largest absolute Gasteiger partial charge is 0.460 e. The molecule has 0 radical (unpaired) electrons. The average Bonchev–Trinajstić information content (AvgIpc) is 2.62. The highest BCUT2D eigenvalue weighted by atomic mass is 16.5. The summed E-state index contributed by atoms with van der Waals surface area (Å²) < 4.78 is 5.18. The monoisotopic (exact) mass is 356 g/mol. The van der Waals surface area contributed by atoms with Gasteiger partial charge in [0.15, 0.2) is 0 Å². The van der Waals surface area contributed by atoms with E-state index in [2.05, 4.69) is 6.92 Å². The molecule has 0 bridgehead atoms. The summed E-state index contributed by atoms with van der Waals surface area (Å²) in [5.74, 6) is -0.157. The summed E-state index contributed by atoms with van der Waals surface area (Å²) >= 11 is 0. The van der Waals surface area contributed by atoms with Gasteiger partial charge in [0.1, 0.15) is 6.10 Å². The van der Waals surface area contributed by atoms with Crippen LogP contribution >= 0.6 is 0 Å². The van der Waals surface area contributed by atoms with Gasteiger partial charge < -0.3 is 9.84 Å². The lowest BCUT2D eigenvalue weighted by atomic mass is 10.0. The van der Waals surface area contributed by atoms with Gasteiger partial charge >= 0.3 is 5.97 Å². The molecule has 25 heavy (non-hydrogen) atoms. The Morgan fingerprint density at radius 1 is 0.720 bits per heavy atom. The van der Waals surface area contributed by atoms with E-state index >= 15 is 0 Å². The van der Waals surface area contributed by atoms with Crippen LogP contribution in [0.15, 0.2) is 0 Å². The quantitative estimate of drug-likeness (QED) is 0.210. The van der Waals surface area contributed by atoms with E-state index in [9.17, 15) is 4.79 Å². The number of aliphatic hydroxyl groups excluding tert-OH is 1. The van der Waals surface area contributed by atoms with Crippen LogP contribution in [-0.4, -0.2) is 23.8 Å². The van der Waals surface area contributed by atoms with Crippen LogP contribution in [0.25, 0.3) is 0 Å². The zero-order chi connectivity index (χ0) is 18.6. The number of unbranched alkanes of at least 4 members (excludes halogenated alkanes) is 14. The van der Waals surface area contributed by atoms with Gasteiger partial charge in [-0.15, -0.1) is 0 Å². The van der Waals surface area contributed by atoms with Crippen molar-refractivity contribution >= 4 is 5.97 Å². The Kier molecular flexibility index (Phi) is 19.3. The number of carbonyl (C=O) groups excluding carboxylic acids is 1. The Balaban J connectivity index is 3.17. The van der Waals surface area contributed by atoms with Crippen LogP contribution in [0.3, 0.4) is 0 Å². The van der Waals surface area contributed by atoms with Gasteiger partial charge in [-0.2, -0.15) is 0 Å². The summed E-state index contributed by atoms with van der Waals surface area (Å²) in [5.41, 5.74) is 0. The molecule has 0 aliphatic carbocycles. The molecule has 0 heterocycles. The molecule has 0 saturated carbocycles. The summed E-state index contributed by atoms with van der Waals surface area (Å²) in [6.45, 7) is 4.12. The Morgan fingerprint density at radius 2 is 1.12 bits per heavy atom. The topological polar surface area (TPSA) is 46.5 Å². The molecule has 0 fully saturated rings. The first-order chi connectivity index (χ1) is 12.2. The summed E-state index contributed by atoms with van der Waals surface area (Å²) in [7, 11) is 0. The number of ether oxygens (including phenoxy) is 1. The van der Waals surface area contributed by atoms with Crippen molar-refractivity contribution in [2.75, 3.05) is 6.61 Å². The molecule has 150 valence electrons. The van der Waals surface area contributed by atoms with Gasteiger partial charge in [0.2, 0.25) is 0 Å². The fraction of sp³-hybridized carbons (Fsp3) is 0.955. The van der Waals surface area contributed by atoms with Crippen LogP contribution in [0, 0.1) is 0 Å². The Labute approximate surface area is 156 Å². The predicted octanol–water partition coefficient (Wildman–Crippen LogP) is 6.56. The van der Waals surface area contributed by atoms with E-state index in [1.54, 1.807) is 0 Å². The van der Waals surface area contributed by atoms with Crippen molar-refractivity contribution in [1.82, 2.24) is 0 Å². The van der Waals surface area contributed by atoms with Crippen LogP contribution in [0.5, 0.6) is 0 Å². The molecular weight excluding hydrogens is 312 g/mol. The van der Waals surface area contributed by atoms with Crippen molar-refractivity contribution < 1.29 is 14.6 Å². The van der Waals surface area contributed by atoms with E-state index in [1.165, 1.54) is 83.5 Å². The molecular formula is C22H44O3. The van der Waals surface area contributed by atoms with E-state index < -0.39 is 0 Å². The predicted molar refractivity (Wildman–Crippen MR) is 107 cm³/mol. The minimum atomic E-state index is -0.316. The highest BCUT2D eigenvalue weighted by Crippen LogP contribution is 2.14. The fourth-order valence-electron chi connectivity index (χ4n) is 3.14. The molecule has 0 aromatic carbocycles. The van der Waals surface area contributed by atoms with Gasteiger partial charge in [0.25, 0.3) is 0 Å². The van der Waals surface area contributed by atoms with Gasteiger partial charge in [-0.25, -0.2) is 0 Å². The van der Waals surface area contributed by atoms with Gasteiger partial charge in [-0.05, 0) is 12.8 Å². The summed E-state index contributed by atoms with van der Waals surface area (Å²) in [6, 6.07) is 0. The zero-order valence-corrected chi connectivity index (χ0v) is 17.1. The van der Waals surface area contributed by atoms with Gasteiger partial charge in [0, 0.05) is 6.42 Å². The normalized spacial score (nSPS) is 12.3. The van der Waals surface area contributed by atoms with Crippen molar-refractivity contribution in [3.8, 4) is 0 Å². The molecule has 0 aromatic heterocycles. The third kappa shape index (κ3) is 18.0. The highest BCUT2D eigenvalue weighted by Gasteiger charge is 2.10. The zero-order valence-electron chi connectivity index (χ0n) is 17.1. The molecule has 1 atom stereocenters. The van der Waals surface area contributed by atoms with Crippen molar-refractivity contribution in [3.05, 3.63) is 0 Å². The first-order valence-corrected chi connectivity index (χ1v) is 11.0. The van der Waals surface area contributed by atoms with Crippen molar-refractivity contribution in [3.63, 3.8) is 0 Å². The Hall–Kier alpha value is -0.570. The molecule has 3 nitrogen and oxygen atoms in total. The summed E-state index contributed by atoms with van der Waals surface area (Å²) in [6.07, 6.45) is 20.8. The van der Waals surface area contributed by atoms with E-state index in [0.29, 0.717) is 12.8 Å². The second-order valence-electron chi connectivity index (χ2n) is 7.40.